The van der Waals surface area contributed by atoms with E-state index >= 15 is 0 Å². The highest BCUT2D eigenvalue weighted by Crippen LogP contribution is 2.22. The average Bonchev–Trinajstić information content (AvgIpc) is 2.87. The number of halogens is 1. The Morgan fingerprint density at radius 3 is 2.78 bits per heavy atom. The van der Waals surface area contributed by atoms with Gasteiger partial charge in [-0.05, 0) is 39.2 Å². The largest absolute Gasteiger partial charge is 0.343 e. The van der Waals surface area contributed by atoms with E-state index in [1.165, 1.54) is 0 Å². The molecule has 23 heavy (non-hydrogen) atoms. The molecule has 0 saturated heterocycles. The molecule has 120 valence electrons. The monoisotopic (exact) mass is 330 g/mol. The van der Waals surface area contributed by atoms with E-state index in [0.29, 0.717) is 28.4 Å². The van der Waals surface area contributed by atoms with Crippen LogP contribution in [0.4, 0.5) is 0 Å². The van der Waals surface area contributed by atoms with Crippen LogP contribution < -0.4 is 5.56 Å². The van der Waals surface area contributed by atoms with E-state index in [1.807, 2.05) is 56.3 Å². The van der Waals surface area contributed by atoms with Gasteiger partial charge in [-0.25, -0.2) is 4.98 Å². The Balaban J connectivity index is 2.24. The van der Waals surface area contributed by atoms with E-state index in [4.69, 9.17) is 11.6 Å². The number of rotatable bonds is 4. The van der Waals surface area contributed by atoms with E-state index < -0.39 is 0 Å². The second kappa shape index (κ2) is 6.18. The molecule has 0 unspecified atom stereocenters. The van der Waals surface area contributed by atoms with Crippen molar-refractivity contribution in [1.29, 1.82) is 0 Å². The molecule has 0 atom stereocenters. The first kappa shape index (κ1) is 15.8. The number of aromatic nitrogens is 3. The highest BCUT2D eigenvalue weighted by molar-refractivity contribution is 6.30. The quantitative estimate of drug-likeness (QED) is 0.800. The summed E-state index contributed by atoms with van der Waals surface area (Å²) in [5.74, 6) is 0.633. The lowest BCUT2D eigenvalue weighted by molar-refractivity contribution is 0.381. The van der Waals surface area contributed by atoms with Crippen LogP contribution in [-0.2, 0) is 6.54 Å². The van der Waals surface area contributed by atoms with Gasteiger partial charge in [0.25, 0.3) is 5.56 Å². The molecule has 6 heteroatoms. The van der Waals surface area contributed by atoms with Crippen molar-refractivity contribution in [2.24, 2.45) is 0 Å². The summed E-state index contributed by atoms with van der Waals surface area (Å²) in [6, 6.07) is 9.27. The number of aryl methyl sites for hydroxylation is 1. The molecule has 2 heterocycles. The Hall–Kier alpha value is -2.11. The highest BCUT2D eigenvalue weighted by Gasteiger charge is 2.14. The van der Waals surface area contributed by atoms with Gasteiger partial charge >= 0.3 is 0 Å². The van der Waals surface area contributed by atoms with E-state index in [1.54, 1.807) is 4.57 Å². The summed E-state index contributed by atoms with van der Waals surface area (Å²) in [5.41, 5.74) is 2.34. The predicted molar refractivity (Wildman–Crippen MR) is 94.1 cm³/mol. The van der Waals surface area contributed by atoms with Gasteiger partial charge in [0.2, 0.25) is 0 Å². The van der Waals surface area contributed by atoms with Crippen LogP contribution in [0.2, 0.25) is 5.02 Å². The average molecular weight is 331 g/mol. The van der Waals surface area contributed by atoms with Crippen molar-refractivity contribution in [3.05, 3.63) is 51.4 Å². The van der Waals surface area contributed by atoms with Crippen LogP contribution in [0, 0.1) is 6.92 Å². The number of nitrogens with one attached hydrogen (secondary N) is 1. The zero-order valence-electron chi connectivity index (χ0n) is 13.4. The zero-order chi connectivity index (χ0) is 16.6. The van der Waals surface area contributed by atoms with Gasteiger partial charge in [0.05, 0.1) is 5.39 Å². The molecule has 0 radical (unpaired) electrons. The molecule has 2 aromatic heterocycles. The molecule has 0 aliphatic carbocycles. The number of nitrogens with zero attached hydrogens (tertiary/aromatic N) is 3. The van der Waals surface area contributed by atoms with Crippen molar-refractivity contribution in [3.8, 4) is 11.4 Å². The van der Waals surface area contributed by atoms with Crippen molar-refractivity contribution >= 4 is 22.6 Å². The van der Waals surface area contributed by atoms with Crippen molar-refractivity contribution in [2.75, 3.05) is 20.6 Å². The first-order valence-corrected chi connectivity index (χ1v) is 7.84. The predicted octanol–water partition coefficient (Wildman–Crippen LogP) is 2.92. The molecular formula is C17H19ClN4O. The second-order valence-corrected chi connectivity index (χ2v) is 6.36. The molecule has 3 rings (SSSR count). The smallest absolute Gasteiger partial charge is 0.263 e. The van der Waals surface area contributed by atoms with Gasteiger partial charge in [-0.15, -0.1) is 0 Å². The first-order chi connectivity index (χ1) is 11.0. The maximum absolute atomic E-state index is 12.9. The molecule has 5 nitrogen and oxygen atoms in total. The molecule has 0 spiro atoms. The van der Waals surface area contributed by atoms with Gasteiger partial charge in [0.15, 0.2) is 0 Å². The minimum absolute atomic E-state index is 0.0313. The third-order valence-electron chi connectivity index (χ3n) is 3.73. The van der Waals surface area contributed by atoms with Crippen LogP contribution in [0.15, 0.2) is 35.1 Å². The molecule has 1 aromatic carbocycles. The van der Waals surface area contributed by atoms with Crippen molar-refractivity contribution in [1.82, 2.24) is 19.4 Å². The molecular weight excluding hydrogens is 312 g/mol. The maximum Gasteiger partial charge on any atom is 0.263 e. The summed E-state index contributed by atoms with van der Waals surface area (Å²) in [4.78, 5) is 22.8. The van der Waals surface area contributed by atoms with Crippen LogP contribution in [0.5, 0.6) is 0 Å². The van der Waals surface area contributed by atoms with Crippen molar-refractivity contribution in [3.63, 3.8) is 0 Å². The molecule has 0 amide bonds. The number of hydrogen-bond acceptors (Lipinski definition) is 3. The van der Waals surface area contributed by atoms with Crippen LogP contribution in [-0.4, -0.2) is 40.1 Å². The molecule has 0 aliphatic rings. The summed E-state index contributed by atoms with van der Waals surface area (Å²) in [5, 5.41) is 1.24. The number of H-pyrrole nitrogens is 1. The Morgan fingerprint density at radius 1 is 1.30 bits per heavy atom. The number of likely N-dealkylation sites (N-methyl/N-ethyl adjacent to an activating group) is 1. The Bertz CT molecular complexity index is 911. The van der Waals surface area contributed by atoms with E-state index in [-0.39, 0.29) is 5.56 Å². The molecule has 0 fully saturated rings. The van der Waals surface area contributed by atoms with Crippen LogP contribution in [0.3, 0.4) is 0 Å². The van der Waals surface area contributed by atoms with Gasteiger partial charge in [0.1, 0.15) is 11.5 Å². The molecule has 1 N–H and O–H groups in total. The van der Waals surface area contributed by atoms with E-state index in [0.717, 1.165) is 17.8 Å². The van der Waals surface area contributed by atoms with Crippen LogP contribution in [0.1, 0.15) is 5.69 Å². The standard InChI is InChI=1S/C17H19ClN4O/c1-11-9-14-15(19-11)20-16(12-5-4-6-13(18)10-12)22(17(14)23)8-7-21(2)3/h4-6,9-10,19H,7-8H2,1-3H3. The fourth-order valence-electron chi connectivity index (χ4n) is 2.59. The fraction of sp³-hybridized carbons (Fsp3) is 0.294. The van der Waals surface area contributed by atoms with Gasteiger partial charge in [0, 0.05) is 29.4 Å². The van der Waals surface area contributed by atoms with Gasteiger partial charge < -0.3 is 9.88 Å². The fourth-order valence-corrected chi connectivity index (χ4v) is 2.78. The Labute approximate surface area is 139 Å². The zero-order valence-corrected chi connectivity index (χ0v) is 14.2. The third kappa shape index (κ3) is 3.16. The lowest BCUT2D eigenvalue weighted by Crippen LogP contribution is -2.28. The topological polar surface area (TPSA) is 53.9 Å². The van der Waals surface area contributed by atoms with Crippen molar-refractivity contribution in [2.45, 2.75) is 13.5 Å². The summed E-state index contributed by atoms with van der Waals surface area (Å²) in [6.45, 7) is 3.25. The normalized spacial score (nSPS) is 11.5. The summed E-state index contributed by atoms with van der Waals surface area (Å²) < 4.78 is 1.72. The Morgan fingerprint density at radius 2 is 2.09 bits per heavy atom. The van der Waals surface area contributed by atoms with Gasteiger partial charge in [-0.1, -0.05) is 23.7 Å². The summed E-state index contributed by atoms with van der Waals surface area (Å²) in [6.07, 6.45) is 0. The molecule has 0 saturated carbocycles. The Kier molecular flexibility index (Phi) is 4.24. The van der Waals surface area contributed by atoms with Crippen LogP contribution >= 0.6 is 11.6 Å². The highest BCUT2D eigenvalue weighted by atomic mass is 35.5. The molecule has 3 aromatic rings. The minimum atomic E-state index is -0.0313. The van der Waals surface area contributed by atoms with E-state index in [9.17, 15) is 4.79 Å². The lowest BCUT2D eigenvalue weighted by atomic mass is 10.2. The minimum Gasteiger partial charge on any atom is -0.343 e. The number of aromatic amines is 1. The summed E-state index contributed by atoms with van der Waals surface area (Å²) >= 11 is 6.11. The van der Waals surface area contributed by atoms with Gasteiger partial charge in [-0.3, -0.25) is 9.36 Å². The van der Waals surface area contributed by atoms with Crippen LogP contribution in [0.25, 0.3) is 22.4 Å². The van der Waals surface area contributed by atoms with E-state index in [2.05, 4.69) is 9.97 Å². The first-order valence-electron chi connectivity index (χ1n) is 7.46. The SMILES string of the molecule is Cc1cc2c(=O)n(CCN(C)C)c(-c3cccc(Cl)c3)nc2[nH]1. The van der Waals surface area contributed by atoms with Gasteiger partial charge in [-0.2, -0.15) is 0 Å². The number of benzene rings is 1. The maximum atomic E-state index is 12.9. The summed E-state index contributed by atoms with van der Waals surface area (Å²) in [7, 11) is 3.97. The molecule has 0 aliphatic heterocycles. The second-order valence-electron chi connectivity index (χ2n) is 5.92. The lowest BCUT2D eigenvalue weighted by Gasteiger charge is -2.15. The molecule has 0 bridgehead atoms. The third-order valence-corrected chi connectivity index (χ3v) is 3.97. The van der Waals surface area contributed by atoms with Crippen molar-refractivity contribution < 1.29 is 0 Å². The number of fused-ring (bicyclic) bond motifs is 1. The number of hydrogen-bond donors (Lipinski definition) is 1.